The molecule has 0 radical (unpaired) electrons. The van der Waals surface area contributed by atoms with Crippen LogP contribution in [0.4, 0.5) is 4.39 Å². The lowest BCUT2D eigenvalue weighted by atomic mass is 9.88. The van der Waals surface area contributed by atoms with Crippen LogP contribution in [-0.2, 0) is 0 Å². The minimum absolute atomic E-state index is 0.0901. The van der Waals surface area contributed by atoms with Gasteiger partial charge in [-0.3, -0.25) is 4.98 Å². The molecule has 0 unspecified atom stereocenters. The van der Waals surface area contributed by atoms with Gasteiger partial charge in [-0.25, -0.2) is 4.39 Å². The molecule has 34 heavy (non-hydrogen) atoms. The predicted molar refractivity (Wildman–Crippen MR) is 144 cm³/mol. The molecule has 0 saturated carbocycles. The van der Waals surface area contributed by atoms with Gasteiger partial charge in [0.05, 0.1) is 0 Å². The van der Waals surface area contributed by atoms with E-state index in [1.807, 2.05) is 38.1 Å². The van der Waals surface area contributed by atoms with E-state index in [9.17, 15) is 4.39 Å². The Morgan fingerprint density at radius 2 is 1.35 bits per heavy atom. The first-order chi connectivity index (χ1) is 16.2. The van der Waals surface area contributed by atoms with Gasteiger partial charge in [-0.1, -0.05) is 76.2 Å². The van der Waals surface area contributed by atoms with Gasteiger partial charge in [0.1, 0.15) is 5.82 Å². The Morgan fingerprint density at radius 3 is 1.94 bits per heavy atom. The van der Waals surface area contributed by atoms with E-state index in [-0.39, 0.29) is 11.7 Å². The maximum absolute atomic E-state index is 13.9. The molecule has 176 valence electrons. The average Bonchev–Trinajstić information content (AvgIpc) is 2.82. The van der Waals surface area contributed by atoms with Crippen molar-refractivity contribution in [2.24, 2.45) is 0 Å². The van der Waals surface area contributed by atoms with Crippen molar-refractivity contribution >= 4 is 0 Å². The molecule has 4 rings (SSSR count). The molecule has 0 fully saturated rings. The van der Waals surface area contributed by atoms with E-state index >= 15 is 0 Å². The molecule has 0 bridgehead atoms. The molecule has 1 heterocycles. The average molecular weight is 454 g/mol. The smallest absolute Gasteiger partial charge is 0.129 e. The Kier molecular flexibility index (Phi) is 8.39. The summed E-state index contributed by atoms with van der Waals surface area (Å²) in [7, 11) is 0. The van der Waals surface area contributed by atoms with Gasteiger partial charge < -0.3 is 0 Å². The molecule has 0 spiro atoms. The summed E-state index contributed by atoms with van der Waals surface area (Å²) in [6.45, 7) is 14.8. The number of hydrogen-bond acceptors (Lipinski definition) is 1. The summed E-state index contributed by atoms with van der Waals surface area (Å²) < 4.78 is 13.9. The first-order valence-electron chi connectivity index (χ1n) is 12.1. The highest BCUT2D eigenvalue weighted by Gasteiger charge is 2.12. The quantitative estimate of drug-likeness (QED) is 0.300. The van der Waals surface area contributed by atoms with E-state index < -0.39 is 0 Å². The number of hydrogen-bond donors (Lipinski definition) is 0. The topological polar surface area (TPSA) is 12.9 Å². The fourth-order valence-corrected chi connectivity index (χ4v) is 4.60. The van der Waals surface area contributed by atoms with Crippen molar-refractivity contribution in [3.05, 3.63) is 113 Å². The standard InChI is InChI=1S/C17H20.C15H16FN/c1-12(2)17-13(3)10-11-16(14(17)4)15-8-6-5-7-9-15;1-10(2)14-8-13(7-11(3)15(14)16)12-5-4-6-17-9-12/h5-12H,1-4H3;4-10H,1-3H3. The van der Waals surface area contributed by atoms with Gasteiger partial charge in [-0.05, 0) is 95.3 Å². The fourth-order valence-electron chi connectivity index (χ4n) is 4.60. The van der Waals surface area contributed by atoms with E-state index in [2.05, 4.69) is 75.1 Å². The summed E-state index contributed by atoms with van der Waals surface area (Å²) >= 11 is 0. The molecule has 0 aliphatic heterocycles. The molecular weight excluding hydrogens is 417 g/mol. The van der Waals surface area contributed by atoms with Gasteiger partial charge in [0.15, 0.2) is 0 Å². The third kappa shape index (κ3) is 5.80. The minimum atomic E-state index is -0.0901. The highest BCUT2D eigenvalue weighted by atomic mass is 19.1. The van der Waals surface area contributed by atoms with E-state index in [1.54, 1.807) is 19.3 Å². The summed E-state index contributed by atoms with van der Waals surface area (Å²) in [5.41, 5.74) is 10.5. The molecule has 0 aliphatic rings. The number of pyridine rings is 1. The minimum Gasteiger partial charge on any atom is -0.264 e. The van der Waals surface area contributed by atoms with Crippen molar-refractivity contribution in [1.29, 1.82) is 0 Å². The van der Waals surface area contributed by atoms with Crippen molar-refractivity contribution in [1.82, 2.24) is 4.98 Å². The van der Waals surface area contributed by atoms with E-state index in [1.165, 1.54) is 27.8 Å². The third-order valence-corrected chi connectivity index (χ3v) is 6.29. The number of aryl methyl sites for hydroxylation is 2. The van der Waals surface area contributed by atoms with Crippen LogP contribution in [0, 0.1) is 26.6 Å². The van der Waals surface area contributed by atoms with Crippen LogP contribution in [0.5, 0.6) is 0 Å². The summed E-state index contributed by atoms with van der Waals surface area (Å²) in [6.07, 6.45) is 3.54. The number of nitrogens with zero attached hydrogens (tertiary/aromatic N) is 1. The highest BCUT2D eigenvalue weighted by molar-refractivity contribution is 5.69. The first-order valence-corrected chi connectivity index (χ1v) is 12.1. The molecule has 0 aliphatic carbocycles. The Labute approximate surface area is 204 Å². The van der Waals surface area contributed by atoms with Gasteiger partial charge >= 0.3 is 0 Å². The molecule has 0 atom stereocenters. The zero-order valence-electron chi connectivity index (χ0n) is 21.5. The monoisotopic (exact) mass is 453 g/mol. The molecule has 1 aromatic heterocycles. The van der Waals surface area contributed by atoms with Crippen LogP contribution in [0.25, 0.3) is 22.3 Å². The Morgan fingerprint density at radius 1 is 0.676 bits per heavy atom. The van der Waals surface area contributed by atoms with Crippen molar-refractivity contribution in [2.45, 2.75) is 60.3 Å². The van der Waals surface area contributed by atoms with Gasteiger partial charge in [0.2, 0.25) is 0 Å². The lowest BCUT2D eigenvalue weighted by Gasteiger charge is -2.17. The molecular formula is C32H36FN. The molecule has 0 N–H and O–H groups in total. The van der Waals surface area contributed by atoms with Crippen molar-refractivity contribution < 1.29 is 4.39 Å². The van der Waals surface area contributed by atoms with Gasteiger partial charge in [0.25, 0.3) is 0 Å². The second kappa shape index (κ2) is 11.2. The lowest BCUT2D eigenvalue weighted by Crippen LogP contribution is -1.98. The van der Waals surface area contributed by atoms with Crippen LogP contribution in [0.3, 0.4) is 0 Å². The number of aromatic nitrogens is 1. The second-order valence-corrected chi connectivity index (χ2v) is 9.58. The van der Waals surface area contributed by atoms with Crippen molar-refractivity contribution in [2.75, 3.05) is 0 Å². The molecule has 0 amide bonds. The Bertz CT molecular complexity index is 1230. The SMILES string of the molecule is Cc1cc(-c2cccnc2)cc(C(C)C)c1F.Cc1ccc(-c2ccccc2)c(C)c1C(C)C. The molecule has 2 heteroatoms. The predicted octanol–water partition coefficient (Wildman–Crippen LogP) is 9.41. The largest absolute Gasteiger partial charge is 0.264 e. The maximum atomic E-state index is 13.9. The second-order valence-electron chi connectivity index (χ2n) is 9.58. The van der Waals surface area contributed by atoms with E-state index in [0.29, 0.717) is 11.5 Å². The van der Waals surface area contributed by atoms with Crippen LogP contribution in [0.2, 0.25) is 0 Å². The van der Waals surface area contributed by atoms with Gasteiger partial charge in [-0.15, -0.1) is 0 Å². The first kappa shape index (κ1) is 25.4. The Hall–Kier alpha value is -3.26. The zero-order chi connectivity index (χ0) is 24.8. The van der Waals surface area contributed by atoms with Crippen molar-refractivity contribution in [3.63, 3.8) is 0 Å². The van der Waals surface area contributed by atoms with Crippen LogP contribution < -0.4 is 0 Å². The maximum Gasteiger partial charge on any atom is 0.129 e. The van der Waals surface area contributed by atoms with Crippen LogP contribution >= 0.6 is 0 Å². The Balaban J connectivity index is 0.000000191. The summed E-state index contributed by atoms with van der Waals surface area (Å²) in [5.74, 6) is 0.677. The zero-order valence-corrected chi connectivity index (χ0v) is 21.5. The molecule has 4 aromatic rings. The van der Waals surface area contributed by atoms with Gasteiger partial charge in [-0.2, -0.15) is 0 Å². The fraction of sp³-hybridized carbons (Fsp3) is 0.281. The highest BCUT2D eigenvalue weighted by Crippen LogP contribution is 2.32. The molecule has 0 saturated heterocycles. The number of rotatable bonds is 4. The van der Waals surface area contributed by atoms with E-state index in [4.69, 9.17) is 0 Å². The van der Waals surface area contributed by atoms with Gasteiger partial charge in [0, 0.05) is 18.0 Å². The van der Waals surface area contributed by atoms with Crippen molar-refractivity contribution in [3.8, 4) is 22.3 Å². The molecule has 1 nitrogen and oxygen atoms in total. The summed E-state index contributed by atoms with van der Waals surface area (Å²) in [5, 5.41) is 0. The number of benzene rings is 3. The van der Waals surface area contributed by atoms with Crippen LogP contribution in [-0.4, -0.2) is 4.98 Å². The van der Waals surface area contributed by atoms with Crippen LogP contribution in [0.15, 0.2) is 79.1 Å². The third-order valence-electron chi connectivity index (χ3n) is 6.29. The summed E-state index contributed by atoms with van der Waals surface area (Å²) in [4.78, 5) is 4.09. The number of halogens is 1. The summed E-state index contributed by atoms with van der Waals surface area (Å²) in [6, 6.07) is 22.8. The normalized spacial score (nSPS) is 10.9. The lowest BCUT2D eigenvalue weighted by molar-refractivity contribution is 0.590. The van der Waals surface area contributed by atoms with Crippen LogP contribution in [0.1, 0.15) is 67.3 Å². The van der Waals surface area contributed by atoms with E-state index in [0.717, 1.165) is 16.7 Å². The molecule has 3 aromatic carbocycles.